The van der Waals surface area contributed by atoms with Gasteiger partial charge in [0.1, 0.15) is 17.8 Å². The van der Waals surface area contributed by atoms with Gasteiger partial charge in [-0.2, -0.15) is 0 Å². The number of nitrogens with zero attached hydrogens (tertiary/aromatic N) is 4. The normalized spacial score (nSPS) is 15.3. The summed E-state index contributed by atoms with van der Waals surface area (Å²) >= 11 is 0. The predicted octanol–water partition coefficient (Wildman–Crippen LogP) is 3.38. The molecule has 1 aliphatic heterocycles. The molecule has 0 radical (unpaired) electrons. The van der Waals surface area contributed by atoms with Crippen LogP contribution in [0.4, 0.5) is 11.5 Å². The number of rotatable bonds is 4. The van der Waals surface area contributed by atoms with Crippen molar-refractivity contribution in [3.63, 3.8) is 0 Å². The van der Waals surface area contributed by atoms with Crippen molar-refractivity contribution in [1.29, 1.82) is 0 Å². The highest BCUT2D eigenvalue weighted by Gasteiger charge is 2.21. The van der Waals surface area contributed by atoms with E-state index in [1.807, 2.05) is 43.3 Å². The van der Waals surface area contributed by atoms with Gasteiger partial charge in [-0.15, -0.1) is 0 Å². The second-order valence-electron chi connectivity index (χ2n) is 6.32. The van der Waals surface area contributed by atoms with Gasteiger partial charge in [0, 0.05) is 31.4 Å². The van der Waals surface area contributed by atoms with Gasteiger partial charge in [-0.3, -0.25) is 4.79 Å². The summed E-state index contributed by atoms with van der Waals surface area (Å²) in [5.74, 6) is 1.53. The first-order valence-electron chi connectivity index (χ1n) is 8.63. The molecule has 1 amide bonds. The highest BCUT2D eigenvalue weighted by molar-refractivity contribution is 6.05. The Balaban J connectivity index is 1.81. The molecule has 1 saturated heterocycles. The van der Waals surface area contributed by atoms with Gasteiger partial charge in [0.15, 0.2) is 0 Å². The number of aromatic nitrogens is 2. The summed E-state index contributed by atoms with van der Waals surface area (Å²) in [6.07, 6.45) is 3.83. The third-order valence-electron chi connectivity index (χ3n) is 4.61. The molecule has 0 bridgehead atoms. The third kappa shape index (κ3) is 3.55. The van der Waals surface area contributed by atoms with Crippen molar-refractivity contribution < 1.29 is 4.79 Å². The van der Waals surface area contributed by atoms with Gasteiger partial charge in [-0.25, -0.2) is 9.97 Å². The fourth-order valence-electron chi connectivity index (χ4n) is 3.06. The lowest BCUT2D eigenvalue weighted by Crippen LogP contribution is -2.34. The summed E-state index contributed by atoms with van der Waals surface area (Å²) in [5, 5.41) is 0. The second-order valence-corrected chi connectivity index (χ2v) is 6.32. The smallest absolute Gasteiger partial charge is 0.277 e. The van der Waals surface area contributed by atoms with E-state index >= 15 is 0 Å². The molecule has 1 aromatic carbocycles. The lowest BCUT2D eigenvalue weighted by Gasteiger charge is -2.31. The number of carbonyl (C=O) groups excluding carboxylic acids is 1. The van der Waals surface area contributed by atoms with Crippen LogP contribution < -0.4 is 9.80 Å². The minimum absolute atomic E-state index is 0.0854. The SMILES string of the molecule is CCN(C(=O)c1cc(N2CCC(C)CC2)ncn1)c1ccccc1. The molecule has 1 aromatic heterocycles. The zero-order valence-electron chi connectivity index (χ0n) is 14.4. The largest absolute Gasteiger partial charge is 0.356 e. The Morgan fingerprint density at radius 3 is 2.58 bits per heavy atom. The summed E-state index contributed by atoms with van der Waals surface area (Å²) in [6.45, 7) is 6.83. The maximum Gasteiger partial charge on any atom is 0.277 e. The van der Waals surface area contributed by atoms with E-state index in [1.54, 1.807) is 4.90 Å². The molecule has 24 heavy (non-hydrogen) atoms. The molecular weight excluding hydrogens is 300 g/mol. The van der Waals surface area contributed by atoms with E-state index in [9.17, 15) is 4.79 Å². The van der Waals surface area contributed by atoms with Crippen LogP contribution >= 0.6 is 0 Å². The molecule has 2 aromatic rings. The van der Waals surface area contributed by atoms with Crippen molar-refractivity contribution in [1.82, 2.24) is 9.97 Å². The van der Waals surface area contributed by atoms with E-state index in [-0.39, 0.29) is 5.91 Å². The Hall–Kier alpha value is -2.43. The van der Waals surface area contributed by atoms with E-state index < -0.39 is 0 Å². The summed E-state index contributed by atoms with van der Waals surface area (Å²) in [5.41, 5.74) is 1.33. The molecule has 0 spiro atoms. The zero-order chi connectivity index (χ0) is 16.9. The molecule has 126 valence electrons. The summed E-state index contributed by atoms with van der Waals surface area (Å²) in [4.78, 5) is 25.5. The van der Waals surface area contributed by atoms with Crippen molar-refractivity contribution >= 4 is 17.4 Å². The number of amides is 1. The first kappa shape index (κ1) is 16.4. The molecule has 0 N–H and O–H groups in total. The number of carbonyl (C=O) groups is 1. The van der Waals surface area contributed by atoms with Crippen molar-refractivity contribution in [2.24, 2.45) is 5.92 Å². The van der Waals surface area contributed by atoms with Crippen LogP contribution in [0.2, 0.25) is 0 Å². The fraction of sp³-hybridized carbons (Fsp3) is 0.421. The number of para-hydroxylation sites is 1. The van der Waals surface area contributed by atoms with Crippen LogP contribution in [0.15, 0.2) is 42.7 Å². The van der Waals surface area contributed by atoms with Crippen LogP contribution in [0.3, 0.4) is 0 Å². The van der Waals surface area contributed by atoms with Crippen LogP contribution in [0, 0.1) is 5.92 Å². The molecule has 5 nitrogen and oxygen atoms in total. The first-order valence-corrected chi connectivity index (χ1v) is 8.63. The van der Waals surface area contributed by atoms with Crippen molar-refractivity contribution in [2.75, 3.05) is 29.4 Å². The number of hydrogen-bond donors (Lipinski definition) is 0. The lowest BCUT2D eigenvalue weighted by atomic mass is 9.99. The molecule has 0 saturated carbocycles. The first-order chi connectivity index (χ1) is 11.7. The molecular formula is C19H24N4O. The highest BCUT2D eigenvalue weighted by Crippen LogP contribution is 2.22. The van der Waals surface area contributed by atoms with Crippen LogP contribution in [0.25, 0.3) is 0 Å². The Morgan fingerprint density at radius 1 is 1.21 bits per heavy atom. The number of benzene rings is 1. The van der Waals surface area contributed by atoms with Gasteiger partial charge in [0.2, 0.25) is 0 Å². The van der Waals surface area contributed by atoms with Crippen LogP contribution in [-0.2, 0) is 0 Å². The number of piperidine rings is 1. The highest BCUT2D eigenvalue weighted by atomic mass is 16.2. The van der Waals surface area contributed by atoms with E-state index in [0.29, 0.717) is 12.2 Å². The Kier molecular flexibility index (Phi) is 5.08. The van der Waals surface area contributed by atoms with E-state index in [2.05, 4.69) is 21.8 Å². The van der Waals surface area contributed by atoms with Gasteiger partial charge in [0.25, 0.3) is 5.91 Å². The average Bonchev–Trinajstić information content (AvgIpc) is 2.64. The van der Waals surface area contributed by atoms with Gasteiger partial charge in [0.05, 0.1) is 0 Å². The Bertz CT molecular complexity index is 681. The molecule has 1 aliphatic rings. The van der Waals surface area contributed by atoms with Crippen molar-refractivity contribution in [3.8, 4) is 0 Å². The summed E-state index contributed by atoms with van der Waals surface area (Å²) in [7, 11) is 0. The van der Waals surface area contributed by atoms with Crippen LogP contribution in [-0.4, -0.2) is 35.5 Å². The zero-order valence-corrected chi connectivity index (χ0v) is 14.4. The molecule has 0 aliphatic carbocycles. The molecule has 0 atom stereocenters. The quantitative estimate of drug-likeness (QED) is 0.865. The standard InChI is InChI=1S/C19H24N4O/c1-3-23(16-7-5-4-6-8-16)19(24)17-13-18(21-14-20-17)22-11-9-15(2)10-12-22/h4-8,13-15H,3,9-12H2,1-2H3. The maximum atomic E-state index is 12.9. The summed E-state index contributed by atoms with van der Waals surface area (Å²) in [6, 6.07) is 11.5. The van der Waals surface area contributed by atoms with Gasteiger partial charge >= 0.3 is 0 Å². The molecule has 0 unspecified atom stereocenters. The maximum absolute atomic E-state index is 12.9. The Morgan fingerprint density at radius 2 is 1.92 bits per heavy atom. The number of hydrogen-bond acceptors (Lipinski definition) is 4. The monoisotopic (exact) mass is 324 g/mol. The Labute approximate surface area is 143 Å². The van der Waals surface area contributed by atoms with Gasteiger partial charge in [-0.05, 0) is 37.8 Å². The van der Waals surface area contributed by atoms with E-state index in [4.69, 9.17) is 0 Å². The minimum Gasteiger partial charge on any atom is -0.356 e. The van der Waals surface area contributed by atoms with Crippen LogP contribution in [0.1, 0.15) is 37.2 Å². The molecule has 1 fully saturated rings. The predicted molar refractivity (Wildman–Crippen MR) is 96.4 cm³/mol. The molecule has 2 heterocycles. The van der Waals surface area contributed by atoms with Gasteiger partial charge < -0.3 is 9.80 Å². The number of anilines is 2. The topological polar surface area (TPSA) is 49.3 Å². The van der Waals surface area contributed by atoms with Crippen molar-refractivity contribution in [3.05, 3.63) is 48.4 Å². The third-order valence-corrected chi connectivity index (χ3v) is 4.61. The lowest BCUT2D eigenvalue weighted by molar-refractivity contribution is 0.0983. The van der Waals surface area contributed by atoms with E-state index in [1.165, 1.54) is 19.2 Å². The van der Waals surface area contributed by atoms with E-state index in [0.717, 1.165) is 30.5 Å². The molecule has 5 heteroatoms. The fourth-order valence-corrected chi connectivity index (χ4v) is 3.06. The average molecular weight is 324 g/mol. The van der Waals surface area contributed by atoms with Crippen LogP contribution in [0.5, 0.6) is 0 Å². The minimum atomic E-state index is -0.0854. The second kappa shape index (κ2) is 7.43. The summed E-state index contributed by atoms with van der Waals surface area (Å²) < 4.78 is 0. The van der Waals surface area contributed by atoms with Gasteiger partial charge in [-0.1, -0.05) is 25.1 Å². The molecule has 3 rings (SSSR count). The van der Waals surface area contributed by atoms with Crippen molar-refractivity contribution in [2.45, 2.75) is 26.7 Å².